The average Bonchev–Trinajstić information content (AvgIpc) is 2.78. The van der Waals surface area contributed by atoms with E-state index in [0.29, 0.717) is 6.54 Å². The molecule has 0 bridgehead atoms. The molecule has 1 aromatic heterocycles. The molecule has 0 spiro atoms. The standard InChI is InChI=1S/C15H15ClFNO/c16-13-6-10(4-5-14(13)17)7-18-8-11-2-1-3-15(19)12(11)9-18/h4-6,8-9,15,19H,1-3,7H2. The zero-order valence-corrected chi connectivity index (χ0v) is 11.2. The lowest BCUT2D eigenvalue weighted by molar-refractivity contribution is 0.157. The van der Waals surface area contributed by atoms with Crippen LogP contribution in [-0.4, -0.2) is 9.67 Å². The van der Waals surface area contributed by atoms with Gasteiger partial charge in [0.05, 0.1) is 11.1 Å². The van der Waals surface area contributed by atoms with Gasteiger partial charge in [-0.05, 0) is 42.5 Å². The monoisotopic (exact) mass is 279 g/mol. The molecule has 0 saturated heterocycles. The molecule has 2 aromatic rings. The van der Waals surface area contributed by atoms with Gasteiger partial charge in [-0.3, -0.25) is 0 Å². The lowest BCUT2D eigenvalue weighted by Crippen LogP contribution is -2.05. The number of aryl methyl sites for hydroxylation is 1. The Morgan fingerprint density at radius 2 is 2.21 bits per heavy atom. The molecule has 0 amide bonds. The maximum atomic E-state index is 13.1. The molecule has 0 fully saturated rings. The van der Waals surface area contributed by atoms with Gasteiger partial charge in [0, 0.05) is 24.5 Å². The normalized spacial score (nSPS) is 18.4. The summed E-state index contributed by atoms with van der Waals surface area (Å²) in [5, 5.41) is 10.1. The number of aliphatic hydroxyl groups excluding tert-OH is 1. The molecule has 0 radical (unpaired) electrons. The Kier molecular flexibility index (Phi) is 3.33. The second-order valence-corrected chi connectivity index (χ2v) is 5.47. The Morgan fingerprint density at radius 1 is 1.37 bits per heavy atom. The molecule has 4 heteroatoms. The summed E-state index contributed by atoms with van der Waals surface area (Å²) in [7, 11) is 0. The number of aliphatic hydroxyl groups is 1. The van der Waals surface area contributed by atoms with Crippen molar-refractivity contribution in [1.29, 1.82) is 0 Å². The molecular formula is C15H15ClFNO. The summed E-state index contributed by atoms with van der Waals surface area (Å²) < 4.78 is 15.1. The highest BCUT2D eigenvalue weighted by atomic mass is 35.5. The van der Waals surface area contributed by atoms with Gasteiger partial charge in [-0.1, -0.05) is 17.7 Å². The Labute approximate surface area is 116 Å². The van der Waals surface area contributed by atoms with Crippen molar-refractivity contribution >= 4 is 11.6 Å². The van der Waals surface area contributed by atoms with E-state index in [1.165, 1.54) is 11.6 Å². The molecule has 1 unspecified atom stereocenters. The van der Waals surface area contributed by atoms with E-state index in [4.69, 9.17) is 11.6 Å². The van der Waals surface area contributed by atoms with Gasteiger partial charge in [0.25, 0.3) is 0 Å². The maximum Gasteiger partial charge on any atom is 0.141 e. The minimum absolute atomic E-state index is 0.148. The molecule has 1 aliphatic rings. The lowest BCUT2D eigenvalue weighted by atomic mass is 9.93. The smallest absolute Gasteiger partial charge is 0.141 e. The van der Waals surface area contributed by atoms with Crippen LogP contribution in [0.4, 0.5) is 4.39 Å². The van der Waals surface area contributed by atoms with Crippen molar-refractivity contribution in [1.82, 2.24) is 4.57 Å². The number of hydrogen-bond donors (Lipinski definition) is 1. The molecule has 0 aliphatic heterocycles. The maximum absolute atomic E-state index is 13.1. The van der Waals surface area contributed by atoms with Gasteiger partial charge >= 0.3 is 0 Å². The first kappa shape index (κ1) is 12.7. The Hall–Kier alpha value is -1.32. The highest BCUT2D eigenvalue weighted by molar-refractivity contribution is 6.30. The van der Waals surface area contributed by atoms with Crippen molar-refractivity contribution in [3.63, 3.8) is 0 Å². The number of benzene rings is 1. The van der Waals surface area contributed by atoms with E-state index < -0.39 is 5.82 Å². The van der Waals surface area contributed by atoms with Crippen LogP contribution in [0.5, 0.6) is 0 Å². The summed E-state index contributed by atoms with van der Waals surface area (Å²) in [6.07, 6.45) is 6.58. The van der Waals surface area contributed by atoms with Gasteiger partial charge in [-0.15, -0.1) is 0 Å². The number of hydrogen-bond acceptors (Lipinski definition) is 1. The van der Waals surface area contributed by atoms with Crippen molar-refractivity contribution < 1.29 is 9.50 Å². The predicted molar refractivity (Wildman–Crippen MR) is 72.8 cm³/mol. The van der Waals surface area contributed by atoms with Crippen LogP contribution in [0.25, 0.3) is 0 Å². The molecule has 19 heavy (non-hydrogen) atoms. The predicted octanol–water partition coefficient (Wildman–Crippen LogP) is 3.70. The van der Waals surface area contributed by atoms with Gasteiger partial charge in [-0.25, -0.2) is 4.39 Å². The Balaban J connectivity index is 1.85. The fraction of sp³-hybridized carbons (Fsp3) is 0.333. The number of halogens is 2. The van der Waals surface area contributed by atoms with Crippen LogP contribution >= 0.6 is 11.6 Å². The molecule has 0 saturated carbocycles. The number of rotatable bonds is 2. The van der Waals surface area contributed by atoms with E-state index >= 15 is 0 Å². The van der Waals surface area contributed by atoms with Crippen molar-refractivity contribution in [2.45, 2.75) is 31.9 Å². The van der Waals surface area contributed by atoms with Crippen LogP contribution < -0.4 is 0 Å². The number of fused-ring (bicyclic) bond motifs is 1. The van der Waals surface area contributed by atoms with Gasteiger partial charge in [0.15, 0.2) is 0 Å². The third kappa shape index (κ3) is 2.53. The highest BCUT2D eigenvalue weighted by Crippen LogP contribution is 2.30. The summed E-state index contributed by atoms with van der Waals surface area (Å²) >= 11 is 5.78. The average molecular weight is 280 g/mol. The molecule has 3 rings (SSSR count). The first-order valence-corrected chi connectivity index (χ1v) is 6.82. The summed E-state index contributed by atoms with van der Waals surface area (Å²) in [5.74, 6) is -0.396. The summed E-state index contributed by atoms with van der Waals surface area (Å²) in [4.78, 5) is 0. The molecule has 100 valence electrons. The van der Waals surface area contributed by atoms with Crippen LogP contribution in [0.3, 0.4) is 0 Å². The molecule has 1 atom stereocenters. The van der Waals surface area contributed by atoms with Crippen LogP contribution in [0.2, 0.25) is 5.02 Å². The van der Waals surface area contributed by atoms with E-state index in [2.05, 4.69) is 6.20 Å². The van der Waals surface area contributed by atoms with E-state index in [1.54, 1.807) is 12.1 Å². The summed E-state index contributed by atoms with van der Waals surface area (Å²) in [6, 6.07) is 4.76. The highest BCUT2D eigenvalue weighted by Gasteiger charge is 2.19. The fourth-order valence-corrected chi connectivity index (χ4v) is 2.87. The second kappa shape index (κ2) is 4.99. The SMILES string of the molecule is OC1CCCc2cn(Cc3ccc(F)c(Cl)c3)cc21. The quantitative estimate of drug-likeness (QED) is 0.891. The molecule has 1 N–H and O–H groups in total. The van der Waals surface area contributed by atoms with Crippen LogP contribution in [-0.2, 0) is 13.0 Å². The lowest BCUT2D eigenvalue weighted by Gasteiger charge is -2.16. The third-order valence-corrected chi connectivity index (χ3v) is 3.92. The third-order valence-electron chi connectivity index (χ3n) is 3.63. The zero-order chi connectivity index (χ0) is 13.4. The molecule has 1 aromatic carbocycles. The van der Waals surface area contributed by atoms with Gasteiger partial charge in [0.2, 0.25) is 0 Å². The van der Waals surface area contributed by atoms with Crippen molar-refractivity contribution in [3.05, 3.63) is 58.1 Å². The van der Waals surface area contributed by atoms with Crippen LogP contribution in [0.1, 0.15) is 35.6 Å². The molecule has 2 nitrogen and oxygen atoms in total. The second-order valence-electron chi connectivity index (χ2n) is 5.07. The molecule has 1 heterocycles. The van der Waals surface area contributed by atoms with Crippen LogP contribution in [0.15, 0.2) is 30.6 Å². The Bertz CT molecular complexity index is 608. The molecule has 1 aliphatic carbocycles. The number of aromatic nitrogens is 1. The van der Waals surface area contributed by atoms with Crippen molar-refractivity contribution in [2.75, 3.05) is 0 Å². The van der Waals surface area contributed by atoms with Gasteiger partial charge in [-0.2, -0.15) is 0 Å². The largest absolute Gasteiger partial charge is 0.388 e. The van der Waals surface area contributed by atoms with E-state index in [1.807, 2.05) is 10.8 Å². The van der Waals surface area contributed by atoms with Crippen molar-refractivity contribution in [3.8, 4) is 0 Å². The van der Waals surface area contributed by atoms with Gasteiger partial charge < -0.3 is 9.67 Å². The van der Waals surface area contributed by atoms with Crippen LogP contribution in [0, 0.1) is 5.82 Å². The first-order valence-electron chi connectivity index (χ1n) is 6.44. The molecular weight excluding hydrogens is 265 g/mol. The Morgan fingerprint density at radius 3 is 2.95 bits per heavy atom. The number of nitrogens with zero attached hydrogens (tertiary/aromatic N) is 1. The fourth-order valence-electron chi connectivity index (χ4n) is 2.66. The minimum atomic E-state index is -0.396. The van der Waals surface area contributed by atoms with Crippen molar-refractivity contribution in [2.24, 2.45) is 0 Å². The van der Waals surface area contributed by atoms with Gasteiger partial charge in [0.1, 0.15) is 5.82 Å². The minimum Gasteiger partial charge on any atom is -0.388 e. The summed E-state index contributed by atoms with van der Waals surface area (Å²) in [5.41, 5.74) is 3.19. The summed E-state index contributed by atoms with van der Waals surface area (Å²) in [6.45, 7) is 0.639. The topological polar surface area (TPSA) is 25.2 Å². The zero-order valence-electron chi connectivity index (χ0n) is 10.4. The van der Waals surface area contributed by atoms with E-state index in [9.17, 15) is 9.50 Å². The van der Waals surface area contributed by atoms with E-state index in [-0.39, 0.29) is 11.1 Å². The first-order chi connectivity index (χ1) is 9.13. The van der Waals surface area contributed by atoms with E-state index in [0.717, 1.165) is 30.4 Å².